The molecule has 0 unspecified atom stereocenters. The van der Waals surface area contributed by atoms with Crippen LogP contribution >= 0.6 is 7.26 Å². The van der Waals surface area contributed by atoms with Gasteiger partial charge in [0, 0.05) is 0 Å². The Hall–Kier alpha value is -2.98. The molecule has 0 fully saturated rings. The first-order valence-corrected chi connectivity index (χ1v) is 15.8. The first kappa shape index (κ1) is 28.6. The van der Waals surface area contributed by atoms with Crippen molar-refractivity contribution in [2.75, 3.05) is 33.1 Å². The molecule has 3 aromatic rings. The summed E-state index contributed by atoms with van der Waals surface area (Å²) >= 11 is 0. The summed E-state index contributed by atoms with van der Waals surface area (Å²) < 4.78 is 24.6. The van der Waals surface area contributed by atoms with E-state index in [2.05, 4.69) is 45.7 Å². The third-order valence-electron chi connectivity index (χ3n) is 7.46. The molecule has 0 bridgehead atoms. The number of carbonyl (C=O) groups is 1. The molecule has 1 heterocycles. The molecule has 1 amide bonds. The van der Waals surface area contributed by atoms with E-state index < -0.39 is 7.26 Å². The van der Waals surface area contributed by atoms with Gasteiger partial charge >= 0.3 is 208 Å². The fraction of sp³-hybridized carbons (Fsp3) is 0.400. The maximum absolute atomic E-state index is 13.6. The van der Waals surface area contributed by atoms with Gasteiger partial charge in [0.2, 0.25) is 0 Å². The van der Waals surface area contributed by atoms with Crippen molar-refractivity contribution in [2.45, 2.75) is 46.7 Å². The SMILES string of the molecule is CCOc1ccc(C(=O)NCCc2cc([PH](C)(CC)C(C)C)c(C)c(-c3ccc(F)cc3)n2)cc1OC. The first-order chi connectivity index (χ1) is 17.6. The Kier molecular flexibility index (Phi) is 9.67. The van der Waals surface area contributed by atoms with E-state index in [4.69, 9.17) is 14.5 Å². The molecular weight excluding hydrogens is 486 g/mol. The molecule has 5 nitrogen and oxygen atoms in total. The molecule has 200 valence electrons. The van der Waals surface area contributed by atoms with Gasteiger partial charge in [-0.05, 0) is 6.92 Å². The summed E-state index contributed by atoms with van der Waals surface area (Å²) in [4.78, 5) is 17.8. The number of benzene rings is 2. The van der Waals surface area contributed by atoms with Crippen molar-refractivity contribution in [3.8, 4) is 22.8 Å². The Balaban J connectivity index is 1.88. The summed E-state index contributed by atoms with van der Waals surface area (Å²) in [6, 6.07) is 14.0. The molecule has 0 saturated heterocycles. The molecular formula is C30H40FN2O3P. The van der Waals surface area contributed by atoms with E-state index in [1.807, 2.05) is 6.92 Å². The third kappa shape index (κ3) is 6.48. The fourth-order valence-corrected chi connectivity index (χ4v) is 7.96. The zero-order valence-corrected chi connectivity index (χ0v) is 24.1. The van der Waals surface area contributed by atoms with Crippen LogP contribution < -0.4 is 20.1 Å². The van der Waals surface area contributed by atoms with E-state index in [-0.39, 0.29) is 11.7 Å². The molecule has 0 radical (unpaired) electrons. The molecule has 0 saturated carbocycles. The minimum atomic E-state index is -1.79. The van der Waals surface area contributed by atoms with Crippen LogP contribution in [0.15, 0.2) is 48.5 Å². The van der Waals surface area contributed by atoms with Crippen molar-refractivity contribution in [3.05, 3.63) is 71.2 Å². The zero-order chi connectivity index (χ0) is 27.2. The average Bonchev–Trinajstić information content (AvgIpc) is 2.89. The molecule has 1 N–H and O–H groups in total. The minimum absolute atomic E-state index is 0.178. The molecule has 3 rings (SSSR count). The van der Waals surface area contributed by atoms with Crippen LogP contribution in [0.2, 0.25) is 0 Å². The van der Waals surface area contributed by atoms with Gasteiger partial charge in [-0.3, -0.25) is 0 Å². The fourth-order valence-electron chi connectivity index (χ4n) is 4.67. The standard InChI is InChI=1S/C30H40FN2O3P/c1-8-36-26-15-12-23(18-27(26)35-6)30(34)32-17-16-25-19-28(37(7,9-2)20(3)4)21(5)29(33-25)22-10-13-24(31)14-11-22/h10-15,18-20,37H,8-9,16-17H2,1-7H3,(H,32,34). The Morgan fingerprint density at radius 3 is 2.38 bits per heavy atom. The van der Waals surface area contributed by atoms with E-state index in [0.29, 0.717) is 42.3 Å². The second kappa shape index (κ2) is 12.5. The van der Waals surface area contributed by atoms with E-state index >= 15 is 0 Å². The summed E-state index contributed by atoms with van der Waals surface area (Å²) in [5, 5.41) is 4.40. The van der Waals surface area contributed by atoms with Crippen molar-refractivity contribution in [3.63, 3.8) is 0 Å². The quantitative estimate of drug-likeness (QED) is 0.311. The average molecular weight is 527 g/mol. The monoisotopic (exact) mass is 526 g/mol. The third-order valence-corrected chi connectivity index (χ3v) is 13.2. The molecule has 0 aliphatic rings. The van der Waals surface area contributed by atoms with Gasteiger partial charge in [0.15, 0.2) is 0 Å². The van der Waals surface area contributed by atoms with Crippen LogP contribution in [0.4, 0.5) is 4.39 Å². The molecule has 0 spiro atoms. The van der Waals surface area contributed by atoms with Crippen LogP contribution in [-0.4, -0.2) is 49.6 Å². The van der Waals surface area contributed by atoms with Gasteiger partial charge in [-0.2, -0.15) is 0 Å². The number of nitrogens with one attached hydrogen (secondary N) is 1. The van der Waals surface area contributed by atoms with Crippen LogP contribution in [0.3, 0.4) is 0 Å². The van der Waals surface area contributed by atoms with Crippen molar-refractivity contribution in [1.82, 2.24) is 10.3 Å². The molecule has 0 aliphatic carbocycles. The van der Waals surface area contributed by atoms with E-state index in [0.717, 1.165) is 23.1 Å². The second-order valence-corrected chi connectivity index (χ2v) is 15.1. The van der Waals surface area contributed by atoms with Gasteiger partial charge < -0.3 is 0 Å². The summed E-state index contributed by atoms with van der Waals surface area (Å²) in [5.41, 5.74) is 4.96. The molecule has 7 heteroatoms. The molecule has 37 heavy (non-hydrogen) atoms. The zero-order valence-electron chi connectivity index (χ0n) is 23.1. The number of aromatic nitrogens is 1. The van der Waals surface area contributed by atoms with Crippen LogP contribution in [0.5, 0.6) is 11.5 Å². The second-order valence-electron chi connectivity index (χ2n) is 9.87. The summed E-state index contributed by atoms with van der Waals surface area (Å²) in [6.07, 6.45) is 1.71. The number of amides is 1. The van der Waals surface area contributed by atoms with Crippen molar-refractivity contribution in [1.29, 1.82) is 0 Å². The van der Waals surface area contributed by atoms with E-state index in [9.17, 15) is 9.18 Å². The van der Waals surface area contributed by atoms with Gasteiger partial charge in [-0.15, -0.1) is 0 Å². The molecule has 1 aromatic heterocycles. The number of nitrogens with zero attached hydrogens (tertiary/aromatic N) is 1. The molecule has 0 aliphatic heterocycles. The maximum atomic E-state index is 13.6. The summed E-state index contributed by atoms with van der Waals surface area (Å²) in [7, 11) is -0.233. The number of halogens is 1. The number of hydrogen-bond donors (Lipinski definition) is 1. The van der Waals surface area contributed by atoms with Gasteiger partial charge in [-0.25, -0.2) is 0 Å². The molecule has 2 aromatic carbocycles. The number of methoxy groups -OCH3 is 1. The van der Waals surface area contributed by atoms with Gasteiger partial charge in [0.1, 0.15) is 0 Å². The topological polar surface area (TPSA) is 60.5 Å². The summed E-state index contributed by atoms with van der Waals surface area (Å²) in [5.74, 6) is 0.698. The van der Waals surface area contributed by atoms with Crippen molar-refractivity contribution < 1.29 is 18.7 Å². The number of ether oxygens (including phenoxy) is 2. The van der Waals surface area contributed by atoms with Crippen molar-refractivity contribution >= 4 is 18.5 Å². The molecule has 0 atom stereocenters. The normalized spacial score (nSPS) is 11.9. The first-order valence-electron chi connectivity index (χ1n) is 13.0. The van der Waals surface area contributed by atoms with Gasteiger partial charge in [-0.1, -0.05) is 0 Å². The van der Waals surface area contributed by atoms with E-state index in [1.165, 1.54) is 23.0 Å². The van der Waals surface area contributed by atoms with Crippen LogP contribution in [-0.2, 0) is 6.42 Å². The number of rotatable bonds is 11. The summed E-state index contributed by atoms with van der Waals surface area (Å²) in [6.45, 7) is 14.3. The number of hydrogen-bond acceptors (Lipinski definition) is 4. The number of carbonyl (C=O) groups excluding carboxylic acids is 1. The Bertz CT molecular complexity index is 1230. The van der Waals surface area contributed by atoms with Crippen LogP contribution in [0.1, 0.15) is 49.3 Å². The Morgan fingerprint density at radius 1 is 1.08 bits per heavy atom. The van der Waals surface area contributed by atoms with Crippen molar-refractivity contribution in [2.24, 2.45) is 0 Å². The number of pyridine rings is 1. The predicted molar refractivity (Wildman–Crippen MR) is 154 cm³/mol. The van der Waals surface area contributed by atoms with Gasteiger partial charge in [0.05, 0.1) is 6.61 Å². The Labute approximate surface area is 221 Å². The predicted octanol–water partition coefficient (Wildman–Crippen LogP) is 6.01. The van der Waals surface area contributed by atoms with Crippen LogP contribution in [0, 0.1) is 12.7 Å². The van der Waals surface area contributed by atoms with Crippen LogP contribution in [0.25, 0.3) is 11.3 Å². The Morgan fingerprint density at radius 2 is 1.78 bits per heavy atom. The van der Waals surface area contributed by atoms with E-state index in [1.54, 1.807) is 37.4 Å². The van der Waals surface area contributed by atoms with Gasteiger partial charge in [0.25, 0.3) is 0 Å².